The summed E-state index contributed by atoms with van der Waals surface area (Å²) in [6.07, 6.45) is -1.30. The van der Waals surface area contributed by atoms with E-state index in [2.05, 4.69) is 25.0 Å². The van der Waals surface area contributed by atoms with E-state index in [-0.39, 0.29) is 0 Å². The van der Waals surface area contributed by atoms with Crippen LogP contribution in [-0.2, 0) is 16.2 Å². The molecule has 5 rings (SSSR count). The van der Waals surface area contributed by atoms with E-state index in [4.69, 9.17) is 0 Å². The average Bonchev–Trinajstić information content (AvgIpc) is 3.35. The van der Waals surface area contributed by atoms with Crippen LogP contribution < -0.4 is 14.9 Å². The summed E-state index contributed by atoms with van der Waals surface area (Å²) in [5, 5.41) is 2.89. The van der Waals surface area contributed by atoms with Crippen molar-refractivity contribution in [1.29, 1.82) is 0 Å². The number of hydrogen-bond donors (Lipinski definition) is 2. The van der Waals surface area contributed by atoms with Crippen LogP contribution in [0.4, 0.5) is 35.0 Å². The van der Waals surface area contributed by atoms with Gasteiger partial charge in [0, 0.05) is 30.9 Å². The lowest BCUT2D eigenvalue weighted by atomic mass is 9.94. The summed E-state index contributed by atoms with van der Waals surface area (Å²) in [5.74, 6) is 0.811. The third-order valence-electron chi connectivity index (χ3n) is 5.98. The third kappa shape index (κ3) is 4.50. The van der Waals surface area contributed by atoms with Gasteiger partial charge in [0.2, 0.25) is 5.95 Å². The fourth-order valence-corrected chi connectivity index (χ4v) is 5.31. The highest BCUT2D eigenvalue weighted by molar-refractivity contribution is 7.92. The minimum Gasteiger partial charge on any atom is -0.357 e. The molecule has 0 spiro atoms. The lowest BCUT2D eigenvalue weighted by molar-refractivity contribution is -0.137. The minimum absolute atomic E-state index is 0.406. The topological polar surface area (TPSA) is 99.6 Å². The Balaban J connectivity index is 1.57. The summed E-state index contributed by atoms with van der Waals surface area (Å²) >= 11 is 0. The van der Waals surface area contributed by atoms with Gasteiger partial charge >= 0.3 is 6.18 Å². The predicted molar refractivity (Wildman–Crippen MR) is 132 cm³/mol. The molecule has 13 heteroatoms. The Morgan fingerprint density at radius 1 is 1.14 bits per heavy atom. The first-order chi connectivity index (χ1) is 17.5. The first-order valence-corrected chi connectivity index (χ1v) is 12.6. The van der Waals surface area contributed by atoms with Gasteiger partial charge in [0.05, 0.1) is 22.7 Å². The Kier molecular flexibility index (Phi) is 5.89. The van der Waals surface area contributed by atoms with Crippen molar-refractivity contribution in [3.63, 3.8) is 0 Å². The molecule has 8 nitrogen and oxygen atoms in total. The molecule has 3 heterocycles. The number of aliphatic imine (C=N–C) groups is 1. The Bertz CT molecular complexity index is 1580. The number of fused-ring (bicyclic) bond motifs is 3. The van der Waals surface area contributed by atoms with Gasteiger partial charge in [-0.1, -0.05) is 6.07 Å². The van der Waals surface area contributed by atoms with Gasteiger partial charge in [-0.2, -0.15) is 18.2 Å². The second kappa shape index (κ2) is 8.83. The van der Waals surface area contributed by atoms with Crippen LogP contribution in [0, 0.1) is 12.7 Å². The smallest absolute Gasteiger partial charge is 0.357 e. The van der Waals surface area contributed by atoms with Gasteiger partial charge in [-0.3, -0.25) is 9.71 Å². The summed E-state index contributed by atoms with van der Waals surface area (Å²) in [4.78, 5) is 14.6. The molecule has 0 atom stereocenters. The molecule has 0 saturated heterocycles. The van der Waals surface area contributed by atoms with Gasteiger partial charge < -0.3 is 10.2 Å². The van der Waals surface area contributed by atoms with Gasteiger partial charge in [-0.15, -0.1) is 0 Å². The SMILES string of the molecule is CNc1ncc2c(n1)N1CCN=C1C(c1cc(NS(=O)(=O)c3cccc(C(F)(F)F)c3)c(F)cc1C)=C2. The molecule has 3 aromatic rings. The van der Waals surface area contributed by atoms with Crippen molar-refractivity contribution in [3.05, 3.63) is 70.7 Å². The third-order valence-corrected chi connectivity index (χ3v) is 7.34. The van der Waals surface area contributed by atoms with Crippen LogP contribution in [0.1, 0.15) is 22.3 Å². The number of aryl methyl sites for hydroxylation is 1. The number of rotatable bonds is 5. The average molecular weight is 533 g/mol. The highest BCUT2D eigenvalue weighted by Crippen LogP contribution is 2.38. The van der Waals surface area contributed by atoms with Gasteiger partial charge in [-0.25, -0.2) is 17.8 Å². The number of nitrogens with one attached hydrogen (secondary N) is 2. The molecule has 0 bridgehead atoms. The van der Waals surface area contributed by atoms with E-state index in [0.29, 0.717) is 59.0 Å². The van der Waals surface area contributed by atoms with Crippen LogP contribution in [0.3, 0.4) is 0 Å². The van der Waals surface area contributed by atoms with Crippen LogP contribution >= 0.6 is 0 Å². The Morgan fingerprint density at radius 3 is 2.65 bits per heavy atom. The molecule has 0 aliphatic carbocycles. The second-order valence-electron chi connectivity index (χ2n) is 8.42. The normalized spacial score (nSPS) is 15.0. The van der Waals surface area contributed by atoms with Gasteiger partial charge in [0.25, 0.3) is 10.0 Å². The predicted octanol–water partition coefficient (Wildman–Crippen LogP) is 4.56. The lowest BCUT2D eigenvalue weighted by Crippen LogP contribution is -2.32. The number of sulfonamides is 1. The maximum absolute atomic E-state index is 14.9. The summed E-state index contributed by atoms with van der Waals surface area (Å²) in [6, 6.07) is 5.72. The van der Waals surface area contributed by atoms with E-state index in [0.717, 1.165) is 24.3 Å². The minimum atomic E-state index is -4.73. The van der Waals surface area contributed by atoms with Gasteiger partial charge in [0.1, 0.15) is 17.5 Å². The summed E-state index contributed by atoms with van der Waals surface area (Å²) in [7, 11) is -2.83. The Morgan fingerprint density at radius 2 is 1.92 bits per heavy atom. The zero-order valence-electron chi connectivity index (χ0n) is 19.6. The number of halogens is 4. The molecule has 2 aliphatic rings. The quantitative estimate of drug-likeness (QED) is 0.468. The van der Waals surface area contributed by atoms with Crippen molar-refractivity contribution >= 4 is 45.0 Å². The largest absolute Gasteiger partial charge is 0.416 e. The maximum Gasteiger partial charge on any atom is 0.416 e. The van der Waals surface area contributed by atoms with Crippen LogP contribution in [0.25, 0.3) is 11.6 Å². The Hall–Kier alpha value is -4.00. The number of nitrogens with zero attached hydrogens (tertiary/aromatic N) is 4. The van der Waals surface area contributed by atoms with Crippen LogP contribution in [0.2, 0.25) is 0 Å². The van der Waals surface area contributed by atoms with E-state index in [1.165, 1.54) is 6.07 Å². The number of amidine groups is 1. The van der Waals surface area contributed by atoms with Crippen molar-refractivity contribution in [2.45, 2.75) is 18.0 Å². The standard InChI is InChI=1S/C24H20F4N6O2S/c1-13-8-19(25)20(33-37(35,36)16-5-3-4-15(10-16)24(26,27)28)11-17(13)18-9-14-12-31-23(29-2)32-21(14)34-7-6-30-22(18)34/h3-5,8-12,33H,6-7H2,1-2H3,(H,29,31,32). The van der Waals surface area contributed by atoms with E-state index < -0.39 is 38.2 Å². The molecule has 0 amide bonds. The molecule has 0 unspecified atom stereocenters. The molecular weight excluding hydrogens is 512 g/mol. The molecule has 2 aromatic carbocycles. The molecule has 0 saturated carbocycles. The molecule has 2 N–H and O–H groups in total. The van der Waals surface area contributed by atoms with E-state index in [1.807, 2.05) is 4.90 Å². The number of anilines is 3. The summed E-state index contributed by atoms with van der Waals surface area (Å²) < 4.78 is 82.1. The molecule has 37 heavy (non-hydrogen) atoms. The second-order valence-corrected chi connectivity index (χ2v) is 10.1. The zero-order valence-corrected chi connectivity index (χ0v) is 20.4. The van der Waals surface area contributed by atoms with E-state index >= 15 is 0 Å². The highest BCUT2D eigenvalue weighted by atomic mass is 32.2. The molecule has 0 radical (unpaired) electrons. The molecule has 192 valence electrons. The number of benzene rings is 2. The molecule has 0 fully saturated rings. The van der Waals surface area contributed by atoms with Crippen molar-refractivity contribution in [1.82, 2.24) is 9.97 Å². The van der Waals surface area contributed by atoms with Crippen LogP contribution in [0.15, 0.2) is 52.5 Å². The van der Waals surface area contributed by atoms with E-state index in [1.54, 1.807) is 26.2 Å². The van der Waals surface area contributed by atoms with Gasteiger partial charge in [-0.05, 0) is 54.5 Å². The fraction of sp³-hybridized carbons (Fsp3) is 0.208. The highest BCUT2D eigenvalue weighted by Gasteiger charge is 2.33. The van der Waals surface area contributed by atoms with E-state index in [9.17, 15) is 26.0 Å². The van der Waals surface area contributed by atoms with Crippen molar-refractivity contribution in [3.8, 4) is 0 Å². The van der Waals surface area contributed by atoms with Crippen molar-refractivity contribution in [2.75, 3.05) is 35.1 Å². The Labute approximate surface area is 209 Å². The molecule has 2 aliphatic heterocycles. The van der Waals surface area contributed by atoms with Crippen molar-refractivity contribution in [2.24, 2.45) is 4.99 Å². The fourth-order valence-electron chi connectivity index (χ4n) is 4.21. The zero-order chi connectivity index (χ0) is 26.5. The summed E-state index contributed by atoms with van der Waals surface area (Å²) in [6.45, 7) is 2.73. The first kappa shape index (κ1) is 24.7. The van der Waals surface area contributed by atoms with Gasteiger partial charge in [0.15, 0.2) is 0 Å². The molecular formula is C24H20F4N6O2S. The van der Waals surface area contributed by atoms with Crippen LogP contribution in [-0.4, -0.2) is 44.4 Å². The number of hydrogen-bond acceptors (Lipinski definition) is 7. The number of alkyl halides is 3. The lowest BCUT2D eigenvalue weighted by Gasteiger charge is -2.28. The maximum atomic E-state index is 14.9. The first-order valence-electron chi connectivity index (χ1n) is 11.1. The van der Waals surface area contributed by atoms with Crippen molar-refractivity contribution < 1.29 is 26.0 Å². The monoisotopic (exact) mass is 532 g/mol. The number of aromatic nitrogens is 2. The molecule has 1 aromatic heterocycles. The summed E-state index contributed by atoms with van der Waals surface area (Å²) in [5.41, 5.74) is 0.784. The van der Waals surface area contributed by atoms with Crippen LogP contribution in [0.5, 0.6) is 0 Å².